The van der Waals surface area contributed by atoms with E-state index in [0.29, 0.717) is 5.92 Å². The van der Waals surface area contributed by atoms with E-state index in [1.807, 2.05) is 0 Å². The lowest BCUT2D eigenvalue weighted by Crippen LogP contribution is -2.26. The molecule has 0 aromatic heterocycles. The van der Waals surface area contributed by atoms with Crippen molar-refractivity contribution >= 4 is 0 Å². The molecule has 0 aliphatic heterocycles. The van der Waals surface area contributed by atoms with E-state index in [0.717, 1.165) is 12.3 Å². The van der Waals surface area contributed by atoms with Gasteiger partial charge in [0.25, 0.3) is 0 Å². The maximum Gasteiger partial charge on any atom is 0.00490 e. The van der Waals surface area contributed by atoms with Crippen LogP contribution < -0.4 is 0 Å². The SMILES string of the molecule is C1=C[C@H]2C(=CC1)C[C@@H]2c1ccccc1. The first-order chi connectivity index (χ1) is 6.95. The van der Waals surface area contributed by atoms with E-state index >= 15 is 0 Å². The zero-order chi connectivity index (χ0) is 9.38. The third-order valence-corrected chi connectivity index (χ3v) is 3.40. The second-order valence-corrected chi connectivity index (χ2v) is 4.19. The number of rotatable bonds is 1. The lowest BCUT2D eigenvalue weighted by atomic mass is 9.64. The molecule has 2 aliphatic carbocycles. The Bertz CT molecular complexity index is 384. The van der Waals surface area contributed by atoms with Crippen LogP contribution in [0.3, 0.4) is 0 Å². The van der Waals surface area contributed by atoms with Crippen LogP contribution in [0.15, 0.2) is 54.1 Å². The van der Waals surface area contributed by atoms with Crippen LogP contribution in [0.1, 0.15) is 24.3 Å². The third-order valence-electron chi connectivity index (χ3n) is 3.40. The first kappa shape index (κ1) is 8.05. The Hall–Kier alpha value is -1.30. The molecule has 0 N–H and O–H groups in total. The summed E-state index contributed by atoms with van der Waals surface area (Å²) < 4.78 is 0. The quantitative estimate of drug-likeness (QED) is 0.581. The molecule has 0 heteroatoms. The Kier molecular flexibility index (Phi) is 1.80. The van der Waals surface area contributed by atoms with E-state index in [-0.39, 0.29) is 0 Å². The van der Waals surface area contributed by atoms with Gasteiger partial charge in [-0.25, -0.2) is 0 Å². The highest BCUT2D eigenvalue weighted by Crippen LogP contribution is 2.49. The molecule has 70 valence electrons. The van der Waals surface area contributed by atoms with E-state index < -0.39 is 0 Å². The Morgan fingerprint density at radius 2 is 1.93 bits per heavy atom. The van der Waals surface area contributed by atoms with E-state index in [9.17, 15) is 0 Å². The molecular formula is C14H14. The van der Waals surface area contributed by atoms with Gasteiger partial charge in [-0.05, 0) is 24.3 Å². The molecule has 0 radical (unpaired) electrons. The van der Waals surface area contributed by atoms with Gasteiger partial charge in [0.05, 0.1) is 0 Å². The summed E-state index contributed by atoms with van der Waals surface area (Å²) in [6.07, 6.45) is 9.50. The van der Waals surface area contributed by atoms with Crippen LogP contribution in [0.5, 0.6) is 0 Å². The Labute approximate surface area is 85.0 Å². The summed E-state index contributed by atoms with van der Waals surface area (Å²) in [5, 5.41) is 0. The summed E-state index contributed by atoms with van der Waals surface area (Å²) in [5.41, 5.74) is 3.16. The molecule has 14 heavy (non-hydrogen) atoms. The first-order valence-electron chi connectivity index (χ1n) is 5.36. The van der Waals surface area contributed by atoms with E-state index in [4.69, 9.17) is 0 Å². The molecule has 2 atom stereocenters. The van der Waals surface area contributed by atoms with Crippen molar-refractivity contribution < 1.29 is 0 Å². The topological polar surface area (TPSA) is 0 Å². The summed E-state index contributed by atoms with van der Waals surface area (Å²) in [5.74, 6) is 1.46. The normalized spacial score (nSPS) is 29.0. The minimum atomic E-state index is 0.714. The summed E-state index contributed by atoms with van der Waals surface area (Å²) in [6, 6.07) is 10.9. The zero-order valence-corrected chi connectivity index (χ0v) is 8.19. The molecular weight excluding hydrogens is 168 g/mol. The van der Waals surface area contributed by atoms with Crippen molar-refractivity contribution in [3.05, 3.63) is 59.7 Å². The zero-order valence-electron chi connectivity index (χ0n) is 8.19. The van der Waals surface area contributed by atoms with Gasteiger partial charge >= 0.3 is 0 Å². The highest BCUT2D eigenvalue weighted by atomic mass is 14.4. The maximum atomic E-state index is 2.39. The monoisotopic (exact) mass is 182 g/mol. The molecule has 0 spiro atoms. The minimum Gasteiger partial charge on any atom is -0.0841 e. The second-order valence-electron chi connectivity index (χ2n) is 4.19. The van der Waals surface area contributed by atoms with Crippen LogP contribution in [-0.4, -0.2) is 0 Å². The summed E-state index contributed by atoms with van der Waals surface area (Å²) in [4.78, 5) is 0. The summed E-state index contributed by atoms with van der Waals surface area (Å²) >= 11 is 0. The molecule has 0 nitrogen and oxygen atoms in total. The summed E-state index contributed by atoms with van der Waals surface area (Å²) in [6.45, 7) is 0. The molecule has 1 aromatic rings. The van der Waals surface area contributed by atoms with Crippen molar-refractivity contribution in [1.29, 1.82) is 0 Å². The van der Waals surface area contributed by atoms with Crippen LogP contribution >= 0.6 is 0 Å². The molecule has 2 aliphatic rings. The smallest absolute Gasteiger partial charge is 0.00490 e. The van der Waals surface area contributed by atoms with E-state index in [1.54, 1.807) is 5.57 Å². The third kappa shape index (κ3) is 1.14. The molecule has 1 aromatic carbocycles. The molecule has 0 saturated heterocycles. The largest absolute Gasteiger partial charge is 0.0841 e. The number of fused-ring (bicyclic) bond motifs is 1. The first-order valence-corrected chi connectivity index (χ1v) is 5.36. The summed E-state index contributed by atoms with van der Waals surface area (Å²) in [7, 11) is 0. The lowest BCUT2D eigenvalue weighted by Gasteiger charge is -2.40. The predicted octanol–water partition coefficient (Wildman–Crippen LogP) is 3.68. The van der Waals surface area contributed by atoms with Crippen molar-refractivity contribution in [2.45, 2.75) is 18.8 Å². The van der Waals surface area contributed by atoms with Crippen molar-refractivity contribution in [1.82, 2.24) is 0 Å². The average Bonchev–Trinajstić information content (AvgIpc) is 2.22. The van der Waals surface area contributed by atoms with Gasteiger partial charge in [0.1, 0.15) is 0 Å². The van der Waals surface area contributed by atoms with Crippen LogP contribution in [0.4, 0.5) is 0 Å². The molecule has 1 fully saturated rings. The van der Waals surface area contributed by atoms with Gasteiger partial charge in [0.2, 0.25) is 0 Å². The van der Waals surface area contributed by atoms with Crippen LogP contribution in [0, 0.1) is 5.92 Å². The lowest BCUT2D eigenvalue weighted by molar-refractivity contribution is 0.433. The van der Waals surface area contributed by atoms with Gasteiger partial charge in [0, 0.05) is 5.92 Å². The molecule has 0 unspecified atom stereocenters. The number of benzene rings is 1. The highest BCUT2D eigenvalue weighted by molar-refractivity contribution is 5.38. The Morgan fingerprint density at radius 3 is 2.71 bits per heavy atom. The molecule has 0 amide bonds. The fourth-order valence-electron chi connectivity index (χ4n) is 2.56. The molecule has 3 rings (SSSR count). The number of allylic oxidation sites excluding steroid dienone is 4. The molecule has 0 heterocycles. The van der Waals surface area contributed by atoms with Crippen LogP contribution in [-0.2, 0) is 0 Å². The van der Waals surface area contributed by atoms with Gasteiger partial charge in [-0.3, -0.25) is 0 Å². The number of hydrogen-bond acceptors (Lipinski definition) is 0. The fourth-order valence-corrected chi connectivity index (χ4v) is 2.56. The Morgan fingerprint density at radius 1 is 1.07 bits per heavy atom. The van der Waals surface area contributed by atoms with E-state index in [2.05, 4.69) is 48.6 Å². The molecule has 0 bridgehead atoms. The predicted molar refractivity (Wildman–Crippen MR) is 59.1 cm³/mol. The number of hydrogen-bond donors (Lipinski definition) is 0. The van der Waals surface area contributed by atoms with Gasteiger partial charge < -0.3 is 0 Å². The maximum absolute atomic E-state index is 2.39. The van der Waals surface area contributed by atoms with Crippen LogP contribution in [0.2, 0.25) is 0 Å². The second kappa shape index (κ2) is 3.13. The van der Waals surface area contributed by atoms with Crippen molar-refractivity contribution in [3.63, 3.8) is 0 Å². The van der Waals surface area contributed by atoms with Crippen LogP contribution in [0.25, 0.3) is 0 Å². The minimum absolute atomic E-state index is 0.714. The van der Waals surface area contributed by atoms with Gasteiger partial charge in [0.15, 0.2) is 0 Å². The molecule has 1 saturated carbocycles. The van der Waals surface area contributed by atoms with Crippen molar-refractivity contribution in [3.8, 4) is 0 Å². The van der Waals surface area contributed by atoms with Gasteiger partial charge in [-0.1, -0.05) is 54.1 Å². The van der Waals surface area contributed by atoms with Gasteiger partial charge in [-0.2, -0.15) is 0 Å². The fraction of sp³-hybridized carbons (Fsp3) is 0.286. The van der Waals surface area contributed by atoms with Gasteiger partial charge in [-0.15, -0.1) is 0 Å². The Balaban J connectivity index is 1.87. The van der Waals surface area contributed by atoms with Crippen molar-refractivity contribution in [2.75, 3.05) is 0 Å². The highest BCUT2D eigenvalue weighted by Gasteiger charge is 2.35. The average molecular weight is 182 g/mol. The van der Waals surface area contributed by atoms with E-state index in [1.165, 1.54) is 12.0 Å². The van der Waals surface area contributed by atoms with Crippen molar-refractivity contribution in [2.24, 2.45) is 5.92 Å². The standard InChI is InChI=1S/C14H14/c1-2-6-11(7-3-1)14-10-12-8-4-5-9-13(12)14/h1-3,5-9,13-14H,4,10H2/t13-,14+/m0/s1.